The summed E-state index contributed by atoms with van der Waals surface area (Å²) in [7, 11) is 0. The average Bonchev–Trinajstić information content (AvgIpc) is 2.14. The lowest BCUT2D eigenvalue weighted by atomic mass is 10.3. The van der Waals surface area contributed by atoms with Crippen molar-refractivity contribution in [3.63, 3.8) is 0 Å². The minimum atomic E-state index is 0.127. The highest BCUT2D eigenvalue weighted by Crippen LogP contribution is 1.86. The van der Waals surface area contributed by atoms with Crippen LogP contribution in [0, 0.1) is 0 Å². The largest absolute Gasteiger partial charge is 0.394 e. The molecule has 0 radical (unpaired) electrons. The van der Waals surface area contributed by atoms with Gasteiger partial charge in [-0.2, -0.15) is 0 Å². The molecule has 1 unspecified atom stereocenters. The predicted molar refractivity (Wildman–Crippen MR) is 34.6 cm³/mol. The molecular weight excluding hydrogens is 124 g/mol. The van der Waals surface area contributed by atoms with E-state index in [4.69, 9.17) is 17.3 Å². The van der Waals surface area contributed by atoms with Crippen LogP contribution in [-0.2, 0) is 0 Å². The quantitative estimate of drug-likeness (QED) is 0.393. The minimum absolute atomic E-state index is 0.127. The van der Waals surface area contributed by atoms with E-state index in [-0.39, 0.29) is 12.6 Å². The molecule has 4 heteroatoms. The lowest BCUT2D eigenvalue weighted by Gasteiger charge is -2.00. The highest BCUT2D eigenvalue weighted by molar-refractivity contribution is 7.80. The summed E-state index contributed by atoms with van der Waals surface area (Å²) in [6.45, 7) is 0.891. The molecule has 1 heterocycles. The number of aliphatic hydroxyl groups is 1. The van der Waals surface area contributed by atoms with Crippen LogP contribution in [0.5, 0.6) is 0 Å². The Morgan fingerprint density at radius 2 is 2.62 bits per heavy atom. The summed E-state index contributed by atoms with van der Waals surface area (Å²) in [5.74, 6) is 0. The molecule has 0 saturated carbocycles. The first-order valence-electron chi connectivity index (χ1n) is 2.48. The third kappa shape index (κ3) is 1.08. The normalized spacial score (nSPS) is 27.1. The summed E-state index contributed by atoms with van der Waals surface area (Å²) < 4.78 is 0. The van der Waals surface area contributed by atoms with Gasteiger partial charge in [0.25, 0.3) is 0 Å². The van der Waals surface area contributed by atoms with E-state index in [9.17, 15) is 0 Å². The maximum Gasteiger partial charge on any atom is 0.166 e. The summed E-state index contributed by atoms with van der Waals surface area (Å²) in [5.41, 5.74) is 0. The maximum atomic E-state index is 8.52. The van der Waals surface area contributed by atoms with Crippen molar-refractivity contribution < 1.29 is 5.11 Å². The van der Waals surface area contributed by atoms with Gasteiger partial charge in [0.15, 0.2) is 5.11 Å². The second-order valence-corrected chi connectivity index (χ2v) is 2.14. The highest BCUT2D eigenvalue weighted by Gasteiger charge is 2.14. The zero-order valence-electron chi connectivity index (χ0n) is 4.35. The van der Waals surface area contributed by atoms with Crippen LogP contribution in [-0.4, -0.2) is 29.4 Å². The summed E-state index contributed by atoms with van der Waals surface area (Å²) in [6, 6.07) is 0.127. The van der Waals surface area contributed by atoms with Gasteiger partial charge >= 0.3 is 0 Å². The van der Waals surface area contributed by atoms with Crippen LogP contribution in [0.1, 0.15) is 0 Å². The molecule has 1 rings (SSSR count). The Morgan fingerprint density at radius 1 is 1.88 bits per heavy atom. The van der Waals surface area contributed by atoms with E-state index >= 15 is 0 Å². The molecule has 8 heavy (non-hydrogen) atoms. The topological polar surface area (TPSA) is 44.3 Å². The van der Waals surface area contributed by atoms with E-state index < -0.39 is 0 Å². The van der Waals surface area contributed by atoms with Crippen molar-refractivity contribution in [1.82, 2.24) is 10.6 Å². The van der Waals surface area contributed by atoms with Gasteiger partial charge in [-0.05, 0) is 12.2 Å². The van der Waals surface area contributed by atoms with E-state index in [0.29, 0.717) is 5.11 Å². The Hall–Kier alpha value is -0.350. The molecule has 3 N–H and O–H groups in total. The maximum absolute atomic E-state index is 8.52. The van der Waals surface area contributed by atoms with Gasteiger partial charge in [-0.3, -0.25) is 0 Å². The predicted octanol–water partition coefficient (Wildman–Crippen LogP) is -1.17. The standard InChI is InChI=1S/C4H8N2OS/c7-2-3-1-5-4(8)6-3/h3,7H,1-2H2,(H2,5,6,8). The van der Waals surface area contributed by atoms with Crippen LogP contribution in [0.4, 0.5) is 0 Å². The Kier molecular flexibility index (Phi) is 1.65. The fourth-order valence-corrected chi connectivity index (χ4v) is 0.864. The number of hydrogen-bond donors (Lipinski definition) is 3. The molecule has 0 aromatic carbocycles. The highest BCUT2D eigenvalue weighted by atomic mass is 32.1. The van der Waals surface area contributed by atoms with E-state index in [1.54, 1.807) is 0 Å². The van der Waals surface area contributed by atoms with Crippen LogP contribution >= 0.6 is 12.2 Å². The van der Waals surface area contributed by atoms with Gasteiger partial charge in [0.2, 0.25) is 0 Å². The van der Waals surface area contributed by atoms with E-state index in [1.165, 1.54) is 0 Å². The van der Waals surface area contributed by atoms with Gasteiger partial charge in [0.05, 0.1) is 12.6 Å². The summed E-state index contributed by atoms with van der Waals surface area (Å²) in [6.07, 6.45) is 0. The molecule has 0 aromatic heterocycles. The molecule has 46 valence electrons. The Morgan fingerprint density at radius 3 is 2.88 bits per heavy atom. The number of hydrogen-bond acceptors (Lipinski definition) is 2. The first kappa shape index (κ1) is 5.78. The van der Waals surface area contributed by atoms with E-state index in [1.807, 2.05) is 0 Å². The first-order chi connectivity index (χ1) is 3.83. The molecule has 3 nitrogen and oxygen atoms in total. The fourth-order valence-electron chi connectivity index (χ4n) is 0.614. The molecule has 1 aliphatic rings. The van der Waals surface area contributed by atoms with Crippen LogP contribution in [0.25, 0.3) is 0 Å². The van der Waals surface area contributed by atoms with Crippen LogP contribution in [0.3, 0.4) is 0 Å². The van der Waals surface area contributed by atoms with E-state index in [2.05, 4.69) is 10.6 Å². The van der Waals surface area contributed by atoms with E-state index in [0.717, 1.165) is 6.54 Å². The third-order valence-corrected chi connectivity index (χ3v) is 1.33. The smallest absolute Gasteiger partial charge is 0.166 e. The van der Waals surface area contributed by atoms with Crippen molar-refractivity contribution in [3.05, 3.63) is 0 Å². The lowest BCUT2D eigenvalue weighted by Crippen LogP contribution is -2.29. The zero-order chi connectivity index (χ0) is 5.98. The molecule has 0 amide bonds. The molecule has 1 atom stereocenters. The van der Waals surface area contributed by atoms with Crippen molar-refractivity contribution >= 4 is 17.3 Å². The molecule has 1 aliphatic heterocycles. The molecule has 1 saturated heterocycles. The number of aliphatic hydroxyl groups excluding tert-OH is 1. The van der Waals surface area contributed by atoms with Gasteiger partial charge in [-0.15, -0.1) is 0 Å². The lowest BCUT2D eigenvalue weighted by molar-refractivity contribution is 0.264. The molecular formula is C4H8N2OS. The van der Waals surface area contributed by atoms with Crippen molar-refractivity contribution in [1.29, 1.82) is 0 Å². The molecule has 0 bridgehead atoms. The van der Waals surface area contributed by atoms with Gasteiger partial charge in [-0.1, -0.05) is 0 Å². The first-order valence-corrected chi connectivity index (χ1v) is 2.89. The summed E-state index contributed by atoms with van der Waals surface area (Å²) in [4.78, 5) is 0. The summed E-state index contributed by atoms with van der Waals surface area (Å²) >= 11 is 4.73. The van der Waals surface area contributed by atoms with Gasteiger partial charge in [-0.25, -0.2) is 0 Å². The van der Waals surface area contributed by atoms with Crippen molar-refractivity contribution in [2.75, 3.05) is 13.2 Å². The number of thiocarbonyl (C=S) groups is 1. The van der Waals surface area contributed by atoms with Gasteiger partial charge in [0.1, 0.15) is 0 Å². The van der Waals surface area contributed by atoms with Gasteiger partial charge in [0, 0.05) is 6.54 Å². The Labute approximate surface area is 53.1 Å². The van der Waals surface area contributed by atoms with Crippen LogP contribution in [0.2, 0.25) is 0 Å². The Bertz CT molecular complexity index is 106. The second kappa shape index (κ2) is 2.28. The Balaban J connectivity index is 2.32. The van der Waals surface area contributed by atoms with Crippen LogP contribution in [0.15, 0.2) is 0 Å². The second-order valence-electron chi connectivity index (χ2n) is 1.73. The number of nitrogens with one attached hydrogen (secondary N) is 2. The molecule has 0 aliphatic carbocycles. The SMILES string of the molecule is OCC1CNC(=S)N1. The van der Waals surface area contributed by atoms with Crippen LogP contribution < -0.4 is 10.6 Å². The molecule has 0 aromatic rings. The number of rotatable bonds is 1. The fraction of sp³-hybridized carbons (Fsp3) is 0.750. The van der Waals surface area contributed by atoms with Crippen molar-refractivity contribution in [3.8, 4) is 0 Å². The van der Waals surface area contributed by atoms with Gasteiger partial charge < -0.3 is 15.7 Å². The minimum Gasteiger partial charge on any atom is -0.394 e. The average molecular weight is 132 g/mol. The van der Waals surface area contributed by atoms with Crippen molar-refractivity contribution in [2.24, 2.45) is 0 Å². The zero-order valence-corrected chi connectivity index (χ0v) is 5.16. The summed E-state index contributed by atoms with van der Waals surface area (Å²) in [5, 5.41) is 14.9. The molecule has 0 spiro atoms. The van der Waals surface area contributed by atoms with Crippen molar-refractivity contribution in [2.45, 2.75) is 6.04 Å². The third-order valence-electron chi connectivity index (χ3n) is 1.06. The molecule has 1 fully saturated rings. The monoisotopic (exact) mass is 132 g/mol.